The molecule has 74 valence electrons. The van der Waals surface area contributed by atoms with Gasteiger partial charge in [-0.15, -0.1) is 22.7 Å². The van der Waals surface area contributed by atoms with E-state index in [0.29, 0.717) is 9.21 Å². The fraction of sp³-hybridized carbons (Fsp3) is 0. The second-order valence-corrected chi connectivity index (χ2v) is 6.32. The molecular weight excluding hydrogens is 238 g/mol. The molecule has 2 heterocycles. The van der Waals surface area contributed by atoms with E-state index in [1.165, 1.54) is 22.7 Å². The lowest BCUT2D eigenvalue weighted by molar-refractivity contribution is 0.603. The topological polar surface area (TPSA) is 46.2 Å². The van der Waals surface area contributed by atoms with E-state index in [2.05, 4.69) is 4.72 Å². The van der Waals surface area contributed by atoms with Crippen LogP contribution in [0.4, 0.5) is 5.00 Å². The van der Waals surface area contributed by atoms with E-state index >= 15 is 0 Å². The summed E-state index contributed by atoms with van der Waals surface area (Å²) in [5, 5.41) is 4.20. The molecule has 0 saturated heterocycles. The fourth-order valence-corrected chi connectivity index (χ4v) is 3.86. The number of nitrogens with one attached hydrogen (secondary N) is 1. The first-order valence-electron chi connectivity index (χ1n) is 3.78. The fourth-order valence-electron chi connectivity index (χ4n) is 0.936. The molecule has 0 spiro atoms. The number of anilines is 1. The maximum atomic E-state index is 11.7. The summed E-state index contributed by atoms with van der Waals surface area (Å²) in [6.07, 6.45) is 0. The average Bonchev–Trinajstić information content (AvgIpc) is 2.71. The van der Waals surface area contributed by atoms with Crippen molar-refractivity contribution in [2.45, 2.75) is 4.21 Å². The van der Waals surface area contributed by atoms with Crippen molar-refractivity contribution < 1.29 is 8.42 Å². The standard InChI is InChI=1S/C8H7NO2S3/c10-14(11,8-4-2-6-13-8)9-7-3-1-5-12-7/h1-6,9H. The second kappa shape index (κ2) is 3.72. The maximum absolute atomic E-state index is 11.7. The second-order valence-electron chi connectivity index (χ2n) is 2.51. The molecule has 2 rings (SSSR count). The highest BCUT2D eigenvalue weighted by Gasteiger charge is 2.14. The summed E-state index contributed by atoms with van der Waals surface area (Å²) in [7, 11) is -3.36. The molecule has 0 radical (unpaired) electrons. The molecule has 0 saturated carbocycles. The molecule has 1 N–H and O–H groups in total. The molecular formula is C8H7NO2S3. The van der Waals surface area contributed by atoms with Gasteiger partial charge in [-0.25, -0.2) is 8.42 Å². The van der Waals surface area contributed by atoms with Crippen LogP contribution in [-0.2, 0) is 10.0 Å². The summed E-state index contributed by atoms with van der Waals surface area (Å²) in [4.78, 5) is 0. The normalized spacial score (nSPS) is 11.4. The summed E-state index contributed by atoms with van der Waals surface area (Å²) in [5.41, 5.74) is 0. The Hall–Kier alpha value is -0.850. The van der Waals surface area contributed by atoms with Crippen molar-refractivity contribution in [3.63, 3.8) is 0 Å². The summed E-state index contributed by atoms with van der Waals surface area (Å²) < 4.78 is 26.2. The lowest BCUT2D eigenvalue weighted by Gasteiger charge is -2.01. The lowest BCUT2D eigenvalue weighted by atomic mass is 10.6. The molecule has 0 fully saturated rings. The highest BCUT2D eigenvalue weighted by Crippen LogP contribution is 2.22. The molecule has 0 aliphatic rings. The smallest absolute Gasteiger partial charge is 0.270 e. The van der Waals surface area contributed by atoms with Gasteiger partial charge in [-0.1, -0.05) is 6.07 Å². The summed E-state index contributed by atoms with van der Waals surface area (Å²) >= 11 is 2.57. The molecule has 6 heteroatoms. The number of rotatable bonds is 3. The highest BCUT2D eigenvalue weighted by molar-refractivity contribution is 7.94. The molecule has 0 atom stereocenters. The number of hydrogen-bond acceptors (Lipinski definition) is 4. The van der Waals surface area contributed by atoms with Crippen molar-refractivity contribution in [3.05, 3.63) is 35.0 Å². The first kappa shape index (κ1) is 9.70. The van der Waals surface area contributed by atoms with Crippen LogP contribution < -0.4 is 4.72 Å². The molecule has 0 amide bonds. The zero-order chi connectivity index (χ0) is 10.0. The van der Waals surface area contributed by atoms with Crippen LogP contribution in [0.3, 0.4) is 0 Å². The quantitative estimate of drug-likeness (QED) is 0.903. The van der Waals surface area contributed by atoms with Crippen LogP contribution >= 0.6 is 22.7 Å². The SMILES string of the molecule is O=S(=O)(Nc1cccs1)c1cccs1. The van der Waals surface area contributed by atoms with Crippen molar-refractivity contribution in [3.8, 4) is 0 Å². The summed E-state index contributed by atoms with van der Waals surface area (Å²) in [5.74, 6) is 0. The zero-order valence-corrected chi connectivity index (χ0v) is 9.45. The summed E-state index contributed by atoms with van der Waals surface area (Å²) in [6.45, 7) is 0. The van der Waals surface area contributed by atoms with Gasteiger partial charge in [0, 0.05) is 0 Å². The third kappa shape index (κ3) is 1.97. The van der Waals surface area contributed by atoms with Crippen LogP contribution in [-0.4, -0.2) is 8.42 Å². The van der Waals surface area contributed by atoms with Crippen LogP contribution in [0.1, 0.15) is 0 Å². The van der Waals surface area contributed by atoms with Crippen LogP contribution in [0, 0.1) is 0 Å². The van der Waals surface area contributed by atoms with Gasteiger partial charge in [-0.3, -0.25) is 4.72 Å². The van der Waals surface area contributed by atoms with Gasteiger partial charge in [0.15, 0.2) is 0 Å². The van der Waals surface area contributed by atoms with Gasteiger partial charge in [-0.2, -0.15) is 0 Å². The molecule has 14 heavy (non-hydrogen) atoms. The first-order chi connectivity index (χ1) is 6.68. The van der Waals surface area contributed by atoms with Gasteiger partial charge in [0.25, 0.3) is 10.0 Å². The molecule has 0 aromatic carbocycles. The van der Waals surface area contributed by atoms with E-state index in [1.54, 1.807) is 29.6 Å². The molecule has 3 nitrogen and oxygen atoms in total. The average molecular weight is 245 g/mol. The predicted molar refractivity (Wildman–Crippen MR) is 59.4 cm³/mol. The van der Waals surface area contributed by atoms with E-state index in [0.717, 1.165) is 0 Å². The molecule has 0 unspecified atom stereocenters. The van der Waals surface area contributed by atoms with Gasteiger partial charge < -0.3 is 0 Å². The molecule has 2 aromatic rings. The van der Waals surface area contributed by atoms with E-state index < -0.39 is 10.0 Å². The van der Waals surface area contributed by atoms with Crippen LogP contribution in [0.25, 0.3) is 0 Å². The van der Waals surface area contributed by atoms with E-state index in [4.69, 9.17) is 0 Å². The van der Waals surface area contributed by atoms with Crippen molar-refractivity contribution >= 4 is 37.7 Å². The van der Waals surface area contributed by atoms with Crippen molar-refractivity contribution in [2.24, 2.45) is 0 Å². The van der Waals surface area contributed by atoms with Crippen LogP contribution in [0.5, 0.6) is 0 Å². The molecule has 0 aliphatic heterocycles. The molecule has 2 aromatic heterocycles. The van der Waals surface area contributed by atoms with Crippen molar-refractivity contribution in [1.29, 1.82) is 0 Å². The van der Waals surface area contributed by atoms with Gasteiger partial charge in [0.05, 0.1) is 0 Å². The van der Waals surface area contributed by atoms with Gasteiger partial charge >= 0.3 is 0 Å². The Balaban J connectivity index is 2.27. The third-order valence-electron chi connectivity index (χ3n) is 1.52. The minimum Gasteiger partial charge on any atom is -0.270 e. The van der Waals surface area contributed by atoms with Gasteiger partial charge in [-0.05, 0) is 29.0 Å². The monoisotopic (exact) mass is 245 g/mol. The Morgan fingerprint density at radius 3 is 2.36 bits per heavy atom. The zero-order valence-electron chi connectivity index (χ0n) is 7.01. The van der Waals surface area contributed by atoms with Crippen molar-refractivity contribution in [2.75, 3.05) is 4.72 Å². The van der Waals surface area contributed by atoms with Gasteiger partial charge in [0.1, 0.15) is 9.21 Å². The number of sulfonamides is 1. The largest absolute Gasteiger partial charge is 0.272 e. The van der Waals surface area contributed by atoms with E-state index in [-0.39, 0.29) is 0 Å². The van der Waals surface area contributed by atoms with Crippen LogP contribution in [0.2, 0.25) is 0 Å². The van der Waals surface area contributed by atoms with E-state index in [9.17, 15) is 8.42 Å². The Labute approximate surface area is 90.1 Å². The molecule has 0 aliphatic carbocycles. The minimum absolute atomic E-state index is 0.339. The van der Waals surface area contributed by atoms with Crippen molar-refractivity contribution in [1.82, 2.24) is 0 Å². The van der Waals surface area contributed by atoms with Gasteiger partial charge in [0.2, 0.25) is 0 Å². The number of hydrogen-bond donors (Lipinski definition) is 1. The maximum Gasteiger partial charge on any atom is 0.272 e. The molecule has 0 bridgehead atoms. The Kier molecular flexibility index (Phi) is 2.58. The lowest BCUT2D eigenvalue weighted by Crippen LogP contribution is -2.10. The Bertz CT molecular complexity index is 485. The summed E-state index contributed by atoms with van der Waals surface area (Å²) in [6, 6.07) is 6.83. The van der Waals surface area contributed by atoms with E-state index in [1.807, 2.05) is 5.38 Å². The minimum atomic E-state index is -3.36. The highest BCUT2D eigenvalue weighted by atomic mass is 32.2. The number of thiophene rings is 2. The predicted octanol–water partition coefficient (Wildman–Crippen LogP) is 2.61. The Morgan fingerprint density at radius 2 is 1.79 bits per heavy atom. The Morgan fingerprint density at radius 1 is 1.07 bits per heavy atom. The first-order valence-corrected chi connectivity index (χ1v) is 7.02. The van der Waals surface area contributed by atoms with Crippen LogP contribution in [0.15, 0.2) is 39.2 Å². The third-order valence-corrected chi connectivity index (χ3v) is 5.19.